The number of hydrogen-bond acceptors (Lipinski definition) is 8. The van der Waals surface area contributed by atoms with Crippen LogP contribution in [0.1, 0.15) is 54.9 Å². The van der Waals surface area contributed by atoms with Gasteiger partial charge in [0.25, 0.3) is 0 Å². The molecule has 4 fully saturated rings. The summed E-state index contributed by atoms with van der Waals surface area (Å²) in [6, 6.07) is 9.95. The fourth-order valence-corrected chi connectivity index (χ4v) is 6.70. The molecule has 8 heteroatoms. The van der Waals surface area contributed by atoms with Crippen molar-refractivity contribution in [3.05, 3.63) is 47.2 Å². The molecule has 1 heterocycles. The van der Waals surface area contributed by atoms with Crippen LogP contribution in [0, 0.1) is 34.5 Å². The predicted octanol–water partition coefficient (Wildman–Crippen LogP) is 2.55. The Hall–Kier alpha value is -2.73. The van der Waals surface area contributed by atoms with Gasteiger partial charge in [0.15, 0.2) is 0 Å². The second-order valence-corrected chi connectivity index (χ2v) is 10.2. The number of benzene rings is 1. The summed E-state index contributed by atoms with van der Waals surface area (Å²) in [4.78, 5) is 8.88. The zero-order valence-electron chi connectivity index (χ0n) is 18.7. The third kappa shape index (κ3) is 4.29. The molecule has 2 unspecified atom stereocenters. The van der Waals surface area contributed by atoms with E-state index in [0.717, 1.165) is 30.9 Å². The van der Waals surface area contributed by atoms with Crippen LogP contribution in [0.25, 0.3) is 0 Å². The van der Waals surface area contributed by atoms with Crippen molar-refractivity contribution < 1.29 is 10.2 Å². The summed E-state index contributed by atoms with van der Waals surface area (Å²) in [5.74, 6) is 3.02. The second kappa shape index (κ2) is 8.90. The SMILES string of the molecule is N#Cc1cnc(NCc2ccccc2C(O)CO)nc1NC[C@]12CC3C[C@H](C1)[C@@H](N)[C@@H](C3)C2. The van der Waals surface area contributed by atoms with Crippen molar-refractivity contribution in [3.63, 3.8) is 0 Å². The lowest BCUT2D eigenvalue weighted by atomic mass is 9.48. The van der Waals surface area contributed by atoms with E-state index in [-0.39, 0.29) is 12.0 Å². The molecule has 6 rings (SSSR count). The molecule has 4 aliphatic rings. The van der Waals surface area contributed by atoms with Crippen molar-refractivity contribution in [1.82, 2.24) is 9.97 Å². The Morgan fingerprint density at radius 1 is 1.18 bits per heavy atom. The minimum atomic E-state index is -0.935. The molecule has 1 aromatic heterocycles. The first kappa shape index (κ1) is 22.1. The molecule has 174 valence electrons. The van der Waals surface area contributed by atoms with E-state index in [1.54, 1.807) is 12.3 Å². The molecule has 0 aliphatic heterocycles. The van der Waals surface area contributed by atoms with Crippen LogP contribution in [0.3, 0.4) is 0 Å². The molecule has 4 aliphatic carbocycles. The van der Waals surface area contributed by atoms with Crippen LogP contribution in [0.4, 0.5) is 11.8 Å². The molecule has 6 N–H and O–H groups in total. The van der Waals surface area contributed by atoms with Gasteiger partial charge >= 0.3 is 0 Å². The normalized spacial score (nSPS) is 30.6. The Balaban J connectivity index is 1.28. The van der Waals surface area contributed by atoms with E-state index >= 15 is 0 Å². The first-order valence-corrected chi connectivity index (χ1v) is 11.9. The lowest BCUT2D eigenvalue weighted by Crippen LogP contribution is -2.58. The summed E-state index contributed by atoms with van der Waals surface area (Å²) in [5, 5.41) is 35.6. The van der Waals surface area contributed by atoms with Crippen molar-refractivity contribution in [2.75, 3.05) is 23.8 Å². The highest BCUT2D eigenvalue weighted by Crippen LogP contribution is 2.59. The van der Waals surface area contributed by atoms with Crippen LogP contribution in [0.15, 0.2) is 30.5 Å². The van der Waals surface area contributed by atoms with Crippen molar-refractivity contribution >= 4 is 11.8 Å². The van der Waals surface area contributed by atoms with Gasteiger partial charge in [-0.2, -0.15) is 10.2 Å². The molecule has 2 aromatic rings. The lowest BCUT2D eigenvalue weighted by Gasteiger charge is -2.59. The topological polar surface area (TPSA) is 140 Å². The summed E-state index contributed by atoms with van der Waals surface area (Å²) < 4.78 is 0. The third-order valence-electron chi connectivity index (χ3n) is 8.04. The molecule has 6 atom stereocenters. The van der Waals surface area contributed by atoms with Gasteiger partial charge in [-0.1, -0.05) is 24.3 Å². The quantitative estimate of drug-likeness (QED) is 0.415. The fraction of sp³-hybridized carbons (Fsp3) is 0.560. The number of rotatable bonds is 8. The standard InChI is InChI=1S/C25H32N6O2/c26-10-19-12-29-24(28-11-16-3-1-2-4-20(16)21(33)13-32)31-23(19)30-14-25-7-15-5-17(8-25)22(27)18(6-15)9-25/h1-4,12,15,17-18,21-22,32-33H,5-9,11,13-14,27H2,(H2,28,29,30,31)/t15?,17-,18+,21?,22-,25-. The second-order valence-electron chi connectivity index (χ2n) is 10.2. The van der Waals surface area contributed by atoms with Gasteiger partial charge in [0, 0.05) is 19.1 Å². The van der Waals surface area contributed by atoms with Crippen molar-refractivity contribution in [2.45, 2.75) is 50.8 Å². The Morgan fingerprint density at radius 2 is 1.94 bits per heavy atom. The van der Waals surface area contributed by atoms with Crippen molar-refractivity contribution in [2.24, 2.45) is 28.9 Å². The minimum Gasteiger partial charge on any atom is -0.393 e. The van der Waals surface area contributed by atoms with E-state index in [1.807, 2.05) is 18.2 Å². The average molecular weight is 449 g/mol. The largest absolute Gasteiger partial charge is 0.393 e. The number of nitrogens with zero attached hydrogens (tertiary/aromatic N) is 3. The molecule has 4 saturated carbocycles. The van der Waals surface area contributed by atoms with Crippen LogP contribution < -0.4 is 16.4 Å². The summed E-state index contributed by atoms with van der Waals surface area (Å²) >= 11 is 0. The van der Waals surface area contributed by atoms with Crippen LogP contribution in [-0.2, 0) is 6.54 Å². The van der Waals surface area contributed by atoms with Gasteiger partial charge in [-0.15, -0.1) is 0 Å². The molecule has 0 amide bonds. The number of nitrogens with one attached hydrogen (secondary N) is 2. The first-order valence-electron chi connectivity index (χ1n) is 11.9. The molecular weight excluding hydrogens is 416 g/mol. The number of aromatic nitrogens is 2. The Bertz CT molecular complexity index is 1040. The summed E-state index contributed by atoms with van der Waals surface area (Å²) in [7, 11) is 0. The van der Waals surface area contributed by atoms with E-state index in [0.29, 0.717) is 47.3 Å². The first-order chi connectivity index (χ1) is 16.0. The molecular formula is C25H32N6O2. The van der Waals surface area contributed by atoms with Gasteiger partial charge in [0.05, 0.1) is 12.8 Å². The molecule has 4 bridgehead atoms. The van der Waals surface area contributed by atoms with Gasteiger partial charge in [-0.3, -0.25) is 0 Å². The summed E-state index contributed by atoms with van der Waals surface area (Å²) in [6.45, 7) is 0.860. The fourth-order valence-electron chi connectivity index (χ4n) is 6.70. The maximum Gasteiger partial charge on any atom is 0.224 e. The predicted molar refractivity (Wildman–Crippen MR) is 125 cm³/mol. The van der Waals surface area contributed by atoms with Gasteiger partial charge in [0.1, 0.15) is 23.6 Å². The lowest BCUT2D eigenvalue weighted by molar-refractivity contribution is -0.0591. The van der Waals surface area contributed by atoms with E-state index in [1.165, 1.54) is 19.3 Å². The van der Waals surface area contributed by atoms with Crippen LogP contribution in [-0.4, -0.2) is 39.4 Å². The maximum atomic E-state index is 10.1. The number of nitrogens with two attached hydrogens (primary N) is 1. The molecule has 0 spiro atoms. The number of anilines is 2. The van der Waals surface area contributed by atoms with Gasteiger partial charge in [-0.25, -0.2) is 4.98 Å². The Morgan fingerprint density at radius 3 is 2.67 bits per heavy atom. The van der Waals surface area contributed by atoms with E-state index < -0.39 is 6.10 Å². The molecule has 1 aromatic carbocycles. The van der Waals surface area contributed by atoms with Crippen molar-refractivity contribution in [3.8, 4) is 6.07 Å². The smallest absolute Gasteiger partial charge is 0.224 e. The van der Waals surface area contributed by atoms with Gasteiger partial charge < -0.3 is 26.6 Å². The Kier molecular flexibility index (Phi) is 5.95. The zero-order chi connectivity index (χ0) is 23.0. The average Bonchev–Trinajstić information content (AvgIpc) is 2.84. The highest BCUT2D eigenvalue weighted by Gasteiger charge is 2.54. The van der Waals surface area contributed by atoms with Gasteiger partial charge in [-0.05, 0) is 66.4 Å². The Labute approximate surface area is 194 Å². The van der Waals surface area contributed by atoms with E-state index in [2.05, 4.69) is 26.7 Å². The minimum absolute atomic E-state index is 0.247. The number of aliphatic hydroxyl groups is 2. The monoisotopic (exact) mass is 448 g/mol. The summed E-state index contributed by atoms with van der Waals surface area (Å²) in [6.07, 6.45) is 6.72. The van der Waals surface area contributed by atoms with Crippen LogP contribution in [0.5, 0.6) is 0 Å². The molecule has 8 nitrogen and oxygen atoms in total. The summed E-state index contributed by atoms with van der Waals surface area (Å²) in [5.41, 5.74) is 8.69. The van der Waals surface area contributed by atoms with E-state index in [4.69, 9.17) is 5.73 Å². The zero-order valence-corrected chi connectivity index (χ0v) is 18.7. The number of aliphatic hydroxyl groups excluding tert-OH is 2. The van der Waals surface area contributed by atoms with Crippen LogP contribution >= 0.6 is 0 Å². The highest BCUT2D eigenvalue weighted by atomic mass is 16.3. The maximum absolute atomic E-state index is 10.1. The molecule has 33 heavy (non-hydrogen) atoms. The van der Waals surface area contributed by atoms with Crippen molar-refractivity contribution in [1.29, 1.82) is 5.26 Å². The third-order valence-corrected chi connectivity index (χ3v) is 8.04. The highest BCUT2D eigenvalue weighted by molar-refractivity contribution is 5.53. The number of nitriles is 1. The van der Waals surface area contributed by atoms with Crippen LogP contribution in [0.2, 0.25) is 0 Å². The van der Waals surface area contributed by atoms with E-state index in [9.17, 15) is 15.5 Å². The van der Waals surface area contributed by atoms with Gasteiger partial charge in [0.2, 0.25) is 5.95 Å². The molecule has 0 saturated heterocycles. The molecule has 0 radical (unpaired) electrons. The number of hydrogen-bond donors (Lipinski definition) is 5.